The van der Waals surface area contributed by atoms with Gasteiger partial charge in [-0.1, -0.05) is 11.6 Å². The summed E-state index contributed by atoms with van der Waals surface area (Å²) in [4.78, 5) is 22.7. The standard InChI is InChI=1S/C13H13ClN4O3/c1-2-18-7-11(6-15-18)17-13(21)16-10-4-8(12(19)20)3-9(14)5-10/h3-7H,2H2,1H3,(H,19,20)(H2,16,17,21). The summed E-state index contributed by atoms with van der Waals surface area (Å²) >= 11 is 5.81. The average molecular weight is 309 g/mol. The molecule has 0 fully saturated rings. The Bertz CT molecular complexity index is 684. The molecule has 7 nitrogen and oxygen atoms in total. The van der Waals surface area contributed by atoms with Crippen LogP contribution in [0.25, 0.3) is 0 Å². The van der Waals surface area contributed by atoms with E-state index in [2.05, 4.69) is 15.7 Å². The predicted octanol–water partition coefficient (Wildman–Crippen LogP) is 2.90. The zero-order chi connectivity index (χ0) is 15.4. The number of carboxylic acids is 1. The number of hydrogen-bond acceptors (Lipinski definition) is 3. The number of nitrogens with zero attached hydrogens (tertiary/aromatic N) is 2. The number of urea groups is 1. The van der Waals surface area contributed by atoms with Gasteiger partial charge in [0.05, 0.1) is 17.4 Å². The van der Waals surface area contributed by atoms with E-state index in [1.807, 2.05) is 6.92 Å². The van der Waals surface area contributed by atoms with Gasteiger partial charge in [-0.05, 0) is 25.1 Å². The summed E-state index contributed by atoms with van der Waals surface area (Å²) in [6, 6.07) is 3.58. The molecular formula is C13H13ClN4O3. The van der Waals surface area contributed by atoms with Crippen LogP contribution in [0.1, 0.15) is 17.3 Å². The van der Waals surface area contributed by atoms with E-state index in [0.717, 1.165) is 0 Å². The van der Waals surface area contributed by atoms with Crippen LogP contribution < -0.4 is 10.6 Å². The van der Waals surface area contributed by atoms with Gasteiger partial charge in [0.25, 0.3) is 0 Å². The molecule has 21 heavy (non-hydrogen) atoms. The minimum atomic E-state index is -1.12. The Morgan fingerprint density at radius 1 is 1.29 bits per heavy atom. The van der Waals surface area contributed by atoms with E-state index in [9.17, 15) is 9.59 Å². The molecule has 2 rings (SSSR count). The first-order valence-corrected chi connectivity index (χ1v) is 6.50. The number of aryl methyl sites for hydroxylation is 1. The molecule has 0 saturated carbocycles. The molecule has 0 spiro atoms. The Morgan fingerprint density at radius 2 is 2.00 bits per heavy atom. The monoisotopic (exact) mass is 308 g/mol. The second-order valence-corrected chi connectivity index (χ2v) is 4.63. The van der Waals surface area contributed by atoms with Crippen molar-refractivity contribution in [3.8, 4) is 0 Å². The third-order valence-corrected chi connectivity index (χ3v) is 2.84. The fraction of sp³-hybridized carbons (Fsp3) is 0.154. The maximum atomic E-state index is 11.8. The number of carbonyl (C=O) groups is 2. The van der Waals surface area contributed by atoms with Crippen molar-refractivity contribution in [2.24, 2.45) is 0 Å². The van der Waals surface area contributed by atoms with Crippen LogP contribution >= 0.6 is 11.6 Å². The molecule has 3 N–H and O–H groups in total. The van der Waals surface area contributed by atoms with Gasteiger partial charge < -0.3 is 15.7 Å². The van der Waals surface area contributed by atoms with Crippen LogP contribution in [0.3, 0.4) is 0 Å². The van der Waals surface area contributed by atoms with Crippen molar-refractivity contribution >= 4 is 35.0 Å². The third kappa shape index (κ3) is 3.96. The molecule has 110 valence electrons. The van der Waals surface area contributed by atoms with Gasteiger partial charge in [-0.2, -0.15) is 5.10 Å². The van der Waals surface area contributed by atoms with E-state index in [-0.39, 0.29) is 10.6 Å². The van der Waals surface area contributed by atoms with Crippen LogP contribution in [0.4, 0.5) is 16.2 Å². The molecule has 0 aliphatic heterocycles. The first-order valence-electron chi connectivity index (χ1n) is 6.12. The Kier molecular flexibility index (Phi) is 4.44. The molecule has 0 aliphatic carbocycles. The molecule has 0 radical (unpaired) electrons. The second kappa shape index (κ2) is 6.27. The summed E-state index contributed by atoms with van der Waals surface area (Å²) in [7, 11) is 0. The highest BCUT2D eigenvalue weighted by Crippen LogP contribution is 2.19. The first kappa shape index (κ1) is 14.9. The lowest BCUT2D eigenvalue weighted by atomic mass is 10.2. The van der Waals surface area contributed by atoms with Gasteiger partial charge in [-0.25, -0.2) is 9.59 Å². The molecule has 2 aromatic rings. The summed E-state index contributed by atoms with van der Waals surface area (Å²) in [5.74, 6) is -1.12. The van der Waals surface area contributed by atoms with Crippen molar-refractivity contribution in [1.29, 1.82) is 0 Å². The number of rotatable bonds is 4. The highest BCUT2D eigenvalue weighted by atomic mass is 35.5. The number of nitrogens with one attached hydrogen (secondary N) is 2. The molecular weight excluding hydrogens is 296 g/mol. The number of aromatic carboxylic acids is 1. The average Bonchev–Trinajstić information content (AvgIpc) is 2.85. The maximum absolute atomic E-state index is 11.8. The van der Waals surface area contributed by atoms with Gasteiger partial charge in [0, 0.05) is 23.5 Å². The fourth-order valence-corrected chi connectivity index (χ4v) is 1.91. The molecule has 1 aromatic heterocycles. The highest BCUT2D eigenvalue weighted by Gasteiger charge is 2.09. The number of anilines is 2. The lowest BCUT2D eigenvalue weighted by Crippen LogP contribution is -2.19. The Labute approximate surface area is 125 Å². The van der Waals surface area contributed by atoms with Gasteiger partial charge in [-0.3, -0.25) is 4.68 Å². The lowest BCUT2D eigenvalue weighted by Gasteiger charge is -2.07. The number of hydrogen-bond donors (Lipinski definition) is 3. The summed E-state index contributed by atoms with van der Waals surface area (Å²) in [6.45, 7) is 2.62. The highest BCUT2D eigenvalue weighted by molar-refractivity contribution is 6.31. The number of halogens is 1. The van der Waals surface area contributed by atoms with E-state index < -0.39 is 12.0 Å². The van der Waals surface area contributed by atoms with E-state index >= 15 is 0 Å². The predicted molar refractivity (Wildman–Crippen MR) is 79.0 cm³/mol. The molecule has 0 aliphatic rings. The van der Waals surface area contributed by atoms with Crippen molar-refractivity contribution < 1.29 is 14.7 Å². The Morgan fingerprint density at radius 3 is 2.62 bits per heavy atom. The second-order valence-electron chi connectivity index (χ2n) is 4.20. The van der Waals surface area contributed by atoms with Crippen LogP contribution in [-0.2, 0) is 6.54 Å². The quantitative estimate of drug-likeness (QED) is 0.809. The van der Waals surface area contributed by atoms with E-state index in [4.69, 9.17) is 16.7 Å². The molecule has 1 heterocycles. The summed E-state index contributed by atoms with van der Waals surface area (Å²) in [5.41, 5.74) is 0.826. The van der Waals surface area contributed by atoms with E-state index in [1.54, 1.807) is 10.9 Å². The number of benzene rings is 1. The van der Waals surface area contributed by atoms with Crippen molar-refractivity contribution in [2.75, 3.05) is 10.6 Å². The lowest BCUT2D eigenvalue weighted by molar-refractivity contribution is 0.0697. The van der Waals surface area contributed by atoms with Crippen molar-refractivity contribution in [3.63, 3.8) is 0 Å². The number of carboxylic acid groups (broad SMARTS) is 1. The van der Waals surface area contributed by atoms with Crippen LogP contribution in [0, 0.1) is 0 Å². The van der Waals surface area contributed by atoms with Crippen LogP contribution in [0.2, 0.25) is 5.02 Å². The smallest absolute Gasteiger partial charge is 0.335 e. The van der Waals surface area contributed by atoms with Gasteiger partial charge in [0.15, 0.2) is 0 Å². The van der Waals surface area contributed by atoms with Gasteiger partial charge in [-0.15, -0.1) is 0 Å². The minimum Gasteiger partial charge on any atom is -0.478 e. The normalized spacial score (nSPS) is 10.2. The summed E-state index contributed by atoms with van der Waals surface area (Å²) < 4.78 is 1.66. The van der Waals surface area contributed by atoms with Crippen molar-refractivity contribution in [2.45, 2.75) is 13.5 Å². The molecule has 1 aromatic carbocycles. The van der Waals surface area contributed by atoms with Crippen LogP contribution in [0.15, 0.2) is 30.6 Å². The van der Waals surface area contributed by atoms with Crippen LogP contribution in [-0.4, -0.2) is 26.9 Å². The Hall–Kier alpha value is -2.54. The zero-order valence-electron chi connectivity index (χ0n) is 11.1. The van der Waals surface area contributed by atoms with Crippen molar-refractivity contribution in [1.82, 2.24) is 9.78 Å². The topological polar surface area (TPSA) is 96.2 Å². The molecule has 8 heteroatoms. The van der Waals surface area contributed by atoms with Crippen LogP contribution in [0.5, 0.6) is 0 Å². The number of carbonyl (C=O) groups excluding carboxylic acids is 1. The third-order valence-electron chi connectivity index (χ3n) is 2.62. The molecule has 0 unspecified atom stereocenters. The molecule has 0 atom stereocenters. The fourth-order valence-electron chi connectivity index (χ4n) is 1.68. The molecule has 2 amide bonds. The van der Waals surface area contributed by atoms with E-state index in [0.29, 0.717) is 17.9 Å². The Balaban J connectivity index is 2.07. The zero-order valence-corrected chi connectivity index (χ0v) is 11.9. The largest absolute Gasteiger partial charge is 0.478 e. The summed E-state index contributed by atoms with van der Waals surface area (Å²) in [5, 5.41) is 18.3. The van der Waals surface area contributed by atoms with E-state index in [1.165, 1.54) is 24.4 Å². The van der Waals surface area contributed by atoms with Crippen molar-refractivity contribution in [3.05, 3.63) is 41.2 Å². The molecule has 0 bridgehead atoms. The molecule has 0 saturated heterocycles. The minimum absolute atomic E-state index is 0.00315. The van der Waals surface area contributed by atoms with Gasteiger partial charge >= 0.3 is 12.0 Å². The van der Waals surface area contributed by atoms with Gasteiger partial charge in [0.2, 0.25) is 0 Å². The maximum Gasteiger partial charge on any atom is 0.335 e. The summed E-state index contributed by atoms with van der Waals surface area (Å²) in [6.07, 6.45) is 3.20. The number of amides is 2. The first-order chi connectivity index (χ1) is 9.97. The van der Waals surface area contributed by atoms with Gasteiger partial charge in [0.1, 0.15) is 0 Å². The number of aromatic nitrogens is 2. The SMILES string of the molecule is CCn1cc(NC(=O)Nc2cc(Cl)cc(C(=O)O)c2)cn1.